The monoisotopic (exact) mass is 251 g/mol. The van der Waals surface area contributed by atoms with E-state index in [1.54, 1.807) is 0 Å². The lowest BCUT2D eigenvalue weighted by Gasteiger charge is -2.16. The summed E-state index contributed by atoms with van der Waals surface area (Å²) in [5, 5.41) is 3.44. The van der Waals surface area contributed by atoms with Crippen LogP contribution < -0.4 is 14.8 Å². The summed E-state index contributed by atoms with van der Waals surface area (Å²) < 4.78 is 11.1. The van der Waals surface area contributed by atoms with Crippen LogP contribution >= 0.6 is 0 Å². The van der Waals surface area contributed by atoms with E-state index in [1.165, 1.54) is 6.42 Å². The molecule has 0 radical (unpaired) electrons. The molecule has 0 saturated heterocycles. The Bertz CT molecular complexity index is 352. The van der Waals surface area contributed by atoms with Crippen LogP contribution in [0.25, 0.3) is 0 Å². The van der Waals surface area contributed by atoms with Gasteiger partial charge in [-0.05, 0) is 31.9 Å². The molecule has 18 heavy (non-hydrogen) atoms. The smallest absolute Gasteiger partial charge is 0.142 e. The zero-order chi connectivity index (χ0) is 13.4. The van der Waals surface area contributed by atoms with Crippen molar-refractivity contribution in [2.45, 2.75) is 34.1 Å². The van der Waals surface area contributed by atoms with Crippen molar-refractivity contribution in [3.8, 4) is 11.5 Å². The molecule has 3 heteroatoms. The third kappa shape index (κ3) is 4.47. The third-order valence-electron chi connectivity index (χ3n) is 2.90. The number of hydrogen-bond donors (Lipinski definition) is 1. The second kappa shape index (κ2) is 7.85. The standard InChI is InChI=1S/C15H25NO2/c1-5-12(4)11-16-14-10-13(17-6-2)8-9-15(14)18-7-3/h8-10,12,16H,5-7,11H2,1-4H3. The summed E-state index contributed by atoms with van der Waals surface area (Å²) in [6.45, 7) is 10.7. The molecule has 1 unspecified atom stereocenters. The molecule has 1 aromatic carbocycles. The molecular weight excluding hydrogens is 226 g/mol. The molecule has 0 spiro atoms. The second-order valence-electron chi connectivity index (χ2n) is 4.42. The fraction of sp³-hybridized carbons (Fsp3) is 0.600. The summed E-state index contributed by atoms with van der Waals surface area (Å²) in [5.41, 5.74) is 1.02. The van der Waals surface area contributed by atoms with Crippen LogP contribution in [0.15, 0.2) is 18.2 Å². The summed E-state index contributed by atoms with van der Waals surface area (Å²) in [6, 6.07) is 5.92. The van der Waals surface area contributed by atoms with Crippen molar-refractivity contribution in [1.29, 1.82) is 0 Å². The number of rotatable bonds is 8. The first-order valence-corrected chi connectivity index (χ1v) is 6.84. The molecule has 0 heterocycles. The average molecular weight is 251 g/mol. The van der Waals surface area contributed by atoms with Crippen LogP contribution in [0.3, 0.4) is 0 Å². The van der Waals surface area contributed by atoms with Crippen LogP contribution in [0.4, 0.5) is 5.69 Å². The molecule has 0 fully saturated rings. The Kier molecular flexibility index (Phi) is 6.40. The maximum atomic E-state index is 5.62. The van der Waals surface area contributed by atoms with Gasteiger partial charge in [-0.25, -0.2) is 0 Å². The van der Waals surface area contributed by atoms with Gasteiger partial charge in [-0.2, -0.15) is 0 Å². The highest BCUT2D eigenvalue weighted by atomic mass is 16.5. The average Bonchev–Trinajstić information content (AvgIpc) is 2.39. The van der Waals surface area contributed by atoms with E-state index in [4.69, 9.17) is 9.47 Å². The SMILES string of the molecule is CCOc1ccc(OCC)c(NCC(C)CC)c1. The normalized spacial score (nSPS) is 12.0. The first-order chi connectivity index (χ1) is 8.71. The summed E-state index contributed by atoms with van der Waals surface area (Å²) in [5.74, 6) is 2.42. The maximum Gasteiger partial charge on any atom is 0.142 e. The van der Waals surface area contributed by atoms with Gasteiger partial charge in [0.25, 0.3) is 0 Å². The molecule has 0 amide bonds. The van der Waals surface area contributed by atoms with Crippen LogP contribution in [0.1, 0.15) is 34.1 Å². The largest absolute Gasteiger partial charge is 0.494 e. The van der Waals surface area contributed by atoms with Gasteiger partial charge in [0.1, 0.15) is 11.5 Å². The molecule has 0 aliphatic rings. The van der Waals surface area contributed by atoms with Crippen molar-refractivity contribution in [3.63, 3.8) is 0 Å². The lowest BCUT2D eigenvalue weighted by atomic mass is 10.1. The van der Waals surface area contributed by atoms with E-state index >= 15 is 0 Å². The van der Waals surface area contributed by atoms with E-state index in [2.05, 4.69) is 19.2 Å². The number of hydrogen-bond acceptors (Lipinski definition) is 3. The number of nitrogens with one attached hydrogen (secondary N) is 1. The quantitative estimate of drug-likeness (QED) is 0.759. The van der Waals surface area contributed by atoms with E-state index < -0.39 is 0 Å². The molecule has 1 rings (SSSR count). The van der Waals surface area contributed by atoms with Gasteiger partial charge >= 0.3 is 0 Å². The first kappa shape index (κ1) is 14.7. The van der Waals surface area contributed by atoms with Gasteiger partial charge in [0.05, 0.1) is 18.9 Å². The second-order valence-corrected chi connectivity index (χ2v) is 4.42. The summed E-state index contributed by atoms with van der Waals surface area (Å²) in [6.07, 6.45) is 1.17. The van der Waals surface area contributed by atoms with E-state index in [9.17, 15) is 0 Å². The van der Waals surface area contributed by atoms with E-state index in [-0.39, 0.29) is 0 Å². The summed E-state index contributed by atoms with van der Waals surface area (Å²) >= 11 is 0. The zero-order valence-electron chi connectivity index (χ0n) is 12.0. The molecule has 1 aromatic rings. The van der Waals surface area contributed by atoms with Gasteiger partial charge in [-0.1, -0.05) is 20.3 Å². The van der Waals surface area contributed by atoms with Crippen LogP contribution in [0, 0.1) is 5.92 Å². The van der Waals surface area contributed by atoms with Crippen LogP contribution in [-0.4, -0.2) is 19.8 Å². The van der Waals surface area contributed by atoms with Gasteiger partial charge in [-0.3, -0.25) is 0 Å². The highest BCUT2D eigenvalue weighted by Crippen LogP contribution is 2.29. The number of anilines is 1. The van der Waals surface area contributed by atoms with Gasteiger partial charge < -0.3 is 14.8 Å². The molecule has 1 atom stereocenters. The molecular formula is C15H25NO2. The molecule has 0 aliphatic carbocycles. The Labute approximate surface area is 110 Å². The Hall–Kier alpha value is -1.38. The molecule has 102 valence electrons. The molecule has 0 aromatic heterocycles. The minimum absolute atomic E-state index is 0.648. The van der Waals surface area contributed by atoms with Crippen molar-refractivity contribution in [3.05, 3.63) is 18.2 Å². The lowest BCUT2D eigenvalue weighted by Crippen LogP contribution is -2.11. The van der Waals surface area contributed by atoms with Gasteiger partial charge in [0.15, 0.2) is 0 Å². The van der Waals surface area contributed by atoms with Crippen molar-refractivity contribution in [2.24, 2.45) is 5.92 Å². The Balaban J connectivity index is 2.78. The molecule has 3 nitrogen and oxygen atoms in total. The number of ether oxygens (including phenoxy) is 2. The van der Waals surface area contributed by atoms with Crippen molar-refractivity contribution >= 4 is 5.69 Å². The Morgan fingerprint density at radius 1 is 1.11 bits per heavy atom. The van der Waals surface area contributed by atoms with Gasteiger partial charge in [-0.15, -0.1) is 0 Å². The van der Waals surface area contributed by atoms with Gasteiger partial charge in [0, 0.05) is 12.6 Å². The summed E-state index contributed by atoms with van der Waals surface area (Å²) in [4.78, 5) is 0. The van der Waals surface area contributed by atoms with Crippen LogP contribution in [0.2, 0.25) is 0 Å². The fourth-order valence-corrected chi connectivity index (χ4v) is 1.61. The van der Waals surface area contributed by atoms with Gasteiger partial charge in [0.2, 0.25) is 0 Å². The molecule has 0 bridgehead atoms. The minimum Gasteiger partial charge on any atom is -0.494 e. The van der Waals surface area contributed by atoms with E-state index in [1.807, 2.05) is 32.0 Å². The first-order valence-electron chi connectivity index (χ1n) is 6.84. The van der Waals surface area contributed by atoms with Crippen LogP contribution in [-0.2, 0) is 0 Å². The predicted octanol–water partition coefficient (Wildman–Crippen LogP) is 3.94. The maximum absolute atomic E-state index is 5.62. The topological polar surface area (TPSA) is 30.5 Å². The highest BCUT2D eigenvalue weighted by molar-refractivity contribution is 5.59. The van der Waals surface area contributed by atoms with E-state index in [0.717, 1.165) is 23.7 Å². The zero-order valence-corrected chi connectivity index (χ0v) is 12.0. The Morgan fingerprint density at radius 3 is 2.44 bits per heavy atom. The minimum atomic E-state index is 0.648. The highest BCUT2D eigenvalue weighted by Gasteiger charge is 2.07. The van der Waals surface area contributed by atoms with Crippen molar-refractivity contribution < 1.29 is 9.47 Å². The predicted molar refractivity (Wildman–Crippen MR) is 76.7 cm³/mol. The molecule has 1 N–H and O–H groups in total. The van der Waals surface area contributed by atoms with Crippen molar-refractivity contribution in [1.82, 2.24) is 0 Å². The van der Waals surface area contributed by atoms with E-state index in [0.29, 0.717) is 19.1 Å². The van der Waals surface area contributed by atoms with Crippen molar-refractivity contribution in [2.75, 3.05) is 25.1 Å². The lowest BCUT2D eigenvalue weighted by molar-refractivity contribution is 0.331. The van der Waals surface area contributed by atoms with Crippen LogP contribution in [0.5, 0.6) is 11.5 Å². The Morgan fingerprint density at radius 2 is 1.83 bits per heavy atom. The molecule has 0 aliphatic heterocycles. The molecule has 0 saturated carbocycles. The third-order valence-corrected chi connectivity index (χ3v) is 2.90. The summed E-state index contributed by atoms with van der Waals surface area (Å²) in [7, 11) is 0. The number of benzene rings is 1. The fourth-order valence-electron chi connectivity index (χ4n) is 1.61.